The van der Waals surface area contributed by atoms with Gasteiger partial charge in [0.05, 0.1) is 32.6 Å². The molecule has 1 aliphatic heterocycles. The number of aromatic nitrogens is 2. The van der Waals surface area contributed by atoms with Gasteiger partial charge >= 0.3 is 11.6 Å². The van der Waals surface area contributed by atoms with Gasteiger partial charge in [-0.3, -0.25) is 0 Å². The maximum Gasteiger partial charge on any atom is 0.362 e. The number of nitrogens with zero attached hydrogens (tertiary/aromatic N) is 2. The number of nitrogens with two attached hydrogens (primary N) is 1. The van der Waals surface area contributed by atoms with Gasteiger partial charge in [-0.25, -0.2) is 14.2 Å². The van der Waals surface area contributed by atoms with E-state index in [-0.39, 0.29) is 45.7 Å². The Balaban J connectivity index is 1.89. The van der Waals surface area contributed by atoms with Crippen molar-refractivity contribution < 1.29 is 18.4 Å². The maximum atomic E-state index is 13.2. The summed E-state index contributed by atoms with van der Waals surface area (Å²) in [6, 6.07) is 9.50. The summed E-state index contributed by atoms with van der Waals surface area (Å²) in [5.41, 5.74) is 6.45. The Morgan fingerprint density at radius 1 is 1.08 bits per heavy atom. The van der Waals surface area contributed by atoms with Crippen molar-refractivity contribution >= 4 is 70.0 Å². The number of nitrogen functional groups attached to an aromatic ring is 1. The van der Waals surface area contributed by atoms with Crippen molar-refractivity contribution in [2.45, 2.75) is 12.8 Å². The van der Waals surface area contributed by atoms with Crippen molar-refractivity contribution in [2.75, 3.05) is 12.3 Å². The van der Waals surface area contributed by atoms with E-state index in [2.05, 4.69) is 4.98 Å². The highest BCUT2D eigenvalue weighted by Crippen LogP contribution is 2.40. The first-order chi connectivity index (χ1) is 17.2. The number of anilines is 1. The van der Waals surface area contributed by atoms with Crippen LogP contribution in [0.2, 0.25) is 20.1 Å². The van der Waals surface area contributed by atoms with E-state index in [1.54, 1.807) is 43.3 Å². The van der Waals surface area contributed by atoms with Gasteiger partial charge in [0.15, 0.2) is 0 Å². The first-order valence-electron chi connectivity index (χ1n) is 10.5. The molecule has 5 rings (SSSR count). The summed E-state index contributed by atoms with van der Waals surface area (Å²) in [5, 5.41) is 1.26. The van der Waals surface area contributed by atoms with Crippen molar-refractivity contribution in [1.82, 2.24) is 9.55 Å². The largest absolute Gasteiger partial charge is 0.462 e. The van der Waals surface area contributed by atoms with Crippen molar-refractivity contribution in [3.8, 4) is 5.88 Å². The van der Waals surface area contributed by atoms with E-state index < -0.39 is 17.5 Å². The minimum Gasteiger partial charge on any atom is -0.462 e. The molecular formula is C24H15Cl4N3O5. The van der Waals surface area contributed by atoms with E-state index in [4.69, 9.17) is 65.7 Å². The van der Waals surface area contributed by atoms with Gasteiger partial charge < -0.3 is 19.3 Å². The third-order valence-electron chi connectivity index (χ3n) is 5.51. The first kappa shape index (κ1) is 24.5. The van der Waals surface area contributed by atoms with E-state index in [0.717, 1.165) is 0 Å². The molecular weight excluding hydrogens is 552 g/mol. The third-order valence-corrected chi connectivity index (χ3v) is 6.99. The molecule has 2 aromatic carbocycles. The number of hydrogen-bond acceptors (Lipinski definition) is 7. The summed E-state index contributed by atoms with van der Waals surface area (Å²) in [6.07, 6.45) is 1.52. The lowest BCUT2D eigenvalue weighted by Gasteiger charge is -2.22. The fraction of sp³-hybridized carbons (Fsp3) is 0.125. The van der Waals surface area contributed by atoms with E-state index in [1.807, 2.05) is 0 Å². The van der Waals surface area contributed by atoms with Crippen molar-refractivity contribution in [1.29, 1.82) is 0 Å². The van der Waals surface area contributed by atoms with Crippen LogP contribution in [0, 0.1) is 0 Å². The number of halogens is 4. The lowest BCUT2D eigenvalue weighted by Crippen LogP contribution is -2.37. The molecule has 0 bridgehead atoms. The molecule has 0 radical (unpaired) electrons. The molecule has 36 heavy (non-hydrogen) atoms. The summed E-state index contributed by atoms with van der Waals surface area (Å²) in [5.74, 6) is -1.49. The number of carbonyl (C=O) groups excluding carboxylic acids is 1. The van der Waals surface area contributed by atoms with Gasteiger partial charge in [0, 0.05) is 0 Å². The number of ether oxygens (including phenoxy) is 1. The molecule has 4 aromatic rings. The van der Waals surface area contributed by atoms with Gasteiger partial charge in [-0.1, -0.05) is 58.5 Å². The molecule has 184 valence electrons. The summed E-state index contributed by atoms with van der Waals surface area (Å²) in [4.78, 5) is 30.6. The Morgan fingerprint density at radius 2 is 1.78 bits per heavy atom. The summed E-state index contributed by atoms with van der Waals surface area (Å²) >= 11 is 24.5. The van der Waals surface area contributed by atoms with Crippen LogP contribution in [0.15, 0.2) is 50.0 Å². The fourth-order valence-corrected chi connectivity index (χ4v) is 4.64. The van der Waals surface area contributed by atoms with Gasteiger partial charge in [-0.15, -0.1) is 0 Å². The van der Waals surface area contributed by atoms with Crippen LogP contribution < -0.4 is 22.3 Å². The Morgan fingerprint density at radius 3 is 2.44 bits per heavy atom. The summed E-state index contributed by atoms with van der Waals surface area (Å²) < 4.78 is 18.0. The van der Waals surface area contributed by atoms with E-state index in [1.165, 1.54) is 10.6 Å². The topological polar surface area (TPSA) is 113 Å². The summed E-state index contributed by atoms with van der Waals surface area (Å²) in [7, 11) is 0. The minimum atomic E-state index is -0.877. The van der Waals surface area contributed by atoms with Crippen LogP contribution in [0.3, 0.4) is 0 Å². The minimum absolute atomic E-state index is 0.0157. The monoisotopic (exact) mass is 565 g/mol. The molecule has 2 aromatic heterocycles. The lowest BCUT2D eigenvalue weighted by molar-refractivity contribution is -0.136. The predicted octanol–water partition coefficient (Wildman–Crippen LogP) is 4.30. The van der Waals surface area contributed by atoms with Crippen LogP contribution in [0.1, 0.15) is 29.7 Å². The Bertz CT molecular complexity index is 1720. The molecule has 0 fully saturated rings. The average molecular weight is 567 g/mol. The van der Waals surface area contributed by atoms with Crippen molar-refractivity contribution in [3.63, 3.8) is 0 Å². The maximum absolute atomic E-state index is 13.2. The number of carbonyl (C=O) groups is 1. The smallest absolute Gasteiger partial charge is 0.362 e. The van der Waals surface area contributed by atoms with Crippen LogP contribution in [0.25, 0.3) is 17.5 Å². The zero-order chi connectivity index (χ0) is 25.7. The summed E-state index contributed by atoms with van der Waals surface area (Å²) in [6.45, 7) is 1.74. The lowest BCUT2D eigenvalue weighted by atomic mass is 9.87. The highest BCUT2D eigenvalue weighted by atomic mass is 35.5. The molecule has 0 saturated carbocycles. The first-order valence-corrected chi connectivity index (χ1v) is 12.0. The zero-order valence-corrected chi connectivity index (χ0v) is 21.4. The zero-order valence-electron chi connectivity index (χ0n) is 18.4. The number of rotatable bonds is 4. The van der Waals surface area contributed by atoms with Crippen LogP contribution in [-0.4, -0.2) is 22.1 Å². The van der Waals surface area contributed by atoms with E-state index in [9.17, 15) is 9.59 Å². The predicted molar refractivity (Wildman–Crippen MR) is 136 cm³/mol. The average Bonchev–Trinajstić information content (AvgIpc) is 3.36. The van der Waals surface area contributed by atoms with Crippen LogP contribution in [0.4, 0.5) is 6.01 Å². The molecule has 1 aliphatic rings. The number of hydrogen-bond donors (Lipinski definition) is 1. The van der Waals surface area contributed by atoms with Gasteiger partial charge in [0.25, 0.3) is 6.01 Å². The number of esters is 1. The normalized spacial score (nSPS) is 15.1. The molecule has 2 N–H and O–H groups in total. The van der Waals surface area contributed by atoms with E-state index >= 15 is 0 Å². The molecule has 0 unspecified atom stereocenters. The molecule has 3 heterocycles. The molecule has 0 saturated heterocycles. The van der Waals surface area contributed by atoms with Crippen LogP contribution in [0.5, 0.6) is 0 Å². The standard InChI is InChI=1S/C24H15Cl4N3O5/c1-2-34-23(33)18-17(11-4-6-13(26)15(28)9-11)19-21(36-24(29)30-19)31-16(22(32)35-20(18)31)8-10-3-5-12(25)14(27)7-10/h3-9,17H,2H2,1H3,(H2,29,30)/b16-8+/t17-/m1/s1. The number of oxazole rings is 2. The molecule has 0 aliphatic carbocycles. The highest BCUT2D eigenvalue weighted by Gasteiger charge is 2.39. The van der Waals surface area contributed by atoms with Crippen LogP contribution >= 0.6 is 46.4 Å². The van der Waals surface area contributed by atoms with Gasteiger partial charge in [0.1, 0.15) is 16.6 Å². The second kappa shape index (κ2) is 9.37. The highest BCUT2D eigenvalue weighted by molar-refractivity contribution is 6.42. The number of benzene rings is 2. The van der Waals surface area contributed by atoms with E-state index in [0.29, 0.717) is 26.2 Å². The number of fused-ring (bicyclic) bond motifs is 3. The van der Waals surface area contributed by atoms with Gasteiger partial charge in [0.2, 0.25) is 11.4 Å². The Kier molecular flexibility index (Phi) is 6.38. The van der Waals surface area contributed by atoms with Crippen LogP contribution in [-0.2, 0) is 9.53 Å². The van der Waals surface area contributed by atoms with Crippen molar-refractivity contribution in [2.24, 2.45) is 0 Å². The SMILES string of the molecule is CCOC(=O)C1=c2oc(=O)/c(=C\c3ccc(Cl)c(Cl)c3)n2-c2oc(N)nc2[C@@H]1c1ccc(Cl)c(Cl)c1. The quantitative estimate of drug-likeness (QED) is 0.366. The molecule has 8 nitrogen and oxygen atoms in total. The van der Waals surface area contributed by atoms with Gasteiger partial charge in [-0.2, -0.15) is 4.98 Å². The van der Waals surface area contributed by atoms with Crippen molar-refractivity contribution in [3.05, 3.63) is 94.6 Å². The molecule has 1 atom stereocenters. The Labute approximate surface area is 223 Å². The molecule has 12 heteroatoms. The Hall–Kier alpha value is -3.17. The second-order valence-electron chi connectivity index (χ2n) is 7.72. The second-order valence-corrected chi connectivity index (χ2v) is 9.35. The van der Waals surface area contributed by atoms with Gasteiger partial charge in [-0.05, 0) is 48.4 Å². The molecule has 0 amide bonds. The third kappa shape index (κ3) is 4.10. The fourth-order valence-electron chi connectivity index (χ4n) is 4.03. The molecule has 0 spiro atoms.